The molecule has 0 aliphatic carbocycles. The molecule has 0 fully saturated rings. The van der Waals surface area contributed by atoms with E-state index < -0.39 is 6.10 Å². The van der Waals surface area contributed by atoms with Crippen LogP contribution in [-0.4, -0.2) is 37.2 Å². The van der Waals surface area contributed by atoms with Gasteiger partial charge >= 0.3 is 17.9 Å². The second-order valence-electron chi connectivity index (χ2n) is 22.3. The minimum absolute atomic E-state index is 0.116. The zero-order valence-corrected chi connectivity index (χ0v) is 53.9. The van der Waals surface area contributed by atoms with Crippen LogP contribution >= 0.6 is 0 Å². The molecule has 0 N–H and O–H groups in total. The van der Waals surface area contributed by atoms with E-state index in [4.69, 9.17) is 14.2 Å². The number of ether oxygens (including phenoxy) is 3. The van der Waals surface area contributed by atoms with Crippen LogP contribution in [0.3, 0.4) is 0 Å². The molecule has 0 heterocycles. The highest BCUT2D eigenvalue weighted by Gasteiger charge is 2.19. The summed E-state index contributed by atoms with van der Waals surface area (Å²) >= 11 is 0. The molecular weight excluding hydrogens is 1020 g/mol. The molecule has 1 unspecified atom stereocenters. The van der Waals surface area contributed by atoms with E-state index in [0.29, 0.717) is 19.3 Å². The lowest BCUT2D eigenvalue weighted by Crippen LogP contribution is -2.30. The number of carbonyl (C=O) groups excluding carboxylic acids is 3. The first-order valence-corrected chi connectivity index (χ1v) is 34.3. The van der Waals surface area contributed by atoms with Crippen molar-refractivity contribution in [3.63, 3.8) is 0 Å². The summed E-state index contributed by atoms with van der Waals surface area (Å²) in [6.07, 6.45) is 100. The SMILES string of the molecule is CC/C=C\C/C=C\C/C=C\C/C=C\C/C=C\C/C=C\C/C=C\CCCCCC(=O)OCC(COC(=O)CCC/C=C\C/C=C\C/C=C\C/C=C\C/C=C\CC)OC(=O)CCCCCCCCCCCCCCCCCCCCCCCCC. The fourth-order valence-corrected chi connectivity index (χ4v) is 9.28. The van der Waals surface area contributed by atoms with Crippen molar-refractivity contribution in [1.29, 1.82) is 0 Å². The number of hydrogen-bond acceptors (Lipinski definition) is 6. The van der Waals surface area contributed by atoms with Crippen molar-refractivity contribution in [3.05, 3.63) is 146 Å². The molecule has 0 aromatic heterocycles. The lowest BCUT2D eigenvalue weighted by molar-refractivity contribution is -0.167. The highest BCUT2D eigenvalue weighted by Crippen LogP contribution is 2.17. The van der Waals surface area contributed by atoms with Crippen LogP contribution in [0.2, 0.25) is 0 Å². The van der Waals surface area contributed by atoms with Crippen LogP contribution in [0.15, 0.2) is 146 Å². The molecule has 6 nitrogen and oxygen atoms in total. The second kappa shape index (κ2) is 69.8. The molecule has 470 valence electrons. The van der Waals surface area contributed by atoms with Gasteiger partial charge in [0.2, 0.25) is 0 Å². The van der Waals surface area contributed by atoms with Crippen molar-refractivity contribution in [2.45, 2.75) is 309 Å². The van der Waals surface area contributed by atoms with Crippen LogP contribution in [0.4, 0.5) is 0 Å². The zero-order chi connectivity index (χ0) is 59.9. The molecule has 0 saturated heterocycles. The van der Waals surface area contributed by atoms with E-state index in [1.54, 1.807) is 0 Å². The fourth-order valence-electron chi connectivity index (χ4n) is 9.28. The van der Waals surface area contributed by atoms with Gasteiger partial charge in [0.15, 0.2) is 6.10 Å². The summed E-state index contributed by atoms with van der Waals surface area (Å²) in [5, 5.41) is 0. The summed E-state index contributed by atoms with van der Waals surface area (Å²) in [7, 11) is 0. The van der Waals surface area contributed by atoms with Crippen molar-refractivity contribution in [1.82, 2.24) is 0 Å². The number of allylic oxidation sites excluding steroid dienone is 24. The Labute approximate surface area is 512 Å². The summed E-state index contributed by atoms with van der Waals surface area (Å²) in [6.45, 7) is 6.36. The molecule has 0 amide bonds. The third kappa shape index (κ3) is 68.0. The second-order valence-corrected chi connectivity index (χ2v) is 22.3. The molecule has 0 bridgehead atoms. The maximum absolute atomic E-state index is 13.0. The van der Waals surface area contributed by atoms with Gasteiger partial charge in [0.1, 0.15) is 13.2 Å². The predicted molar refractivity (Wildman–Crippen MR) is 362 cm³/mol. The lowest BCUT2D eigenvalue weighted by Gasteiger charge is -2.18. The maximum Gasteiger partial charge on any atom is 0.306 e. The molecule has 6 heteroatoms. The molecular formula is C77H126O6. The van der Waals surface area contributed by atoms with E-state index in [2.05, 4.69) is 167 Å². The summed E-state index contributed by atoms with van der Waals surface area (Å²) in [6, 6.07) is 0. The Morgan fingerprint density at radius 2 is 0.482 bits per heavy atom. The number of esters is 3. The van der Waals surface area contributed by atoms with Gasteiger partial charge < -0.3 is 14.2 Å². The molecule has 0 aliphatic rings. The Morgan fingerprint density at radius 3 is 0.783 bits per heavy atom. The topological polar surface area (TPSA) is 78.9 Å². The summed E-state index contributed by atoms with van der Waals surface area (Å²) in [4.78, 5) is 38.4. The molecule has 0 spiro atoms. The van der Waals surface area contributed by atoms with E-state index in [1.807, 2.05) is 0 Å². The third-order valence-corrected chi connectivity index (χ3v) is 14.3. The van der Waals surface area contributed by atoms with E-state index in [1.165, 1.54) is 128 Å². The molecule has 0 saturated carbocycles. The molecule has 83 heavy (non-hydrogen) atoms. The Balaban J connectivity index is 4.49. The number of rotatable bonds is 61. The van der Waals surface area contributed by atoms with Crippen LogP contribution in [0.25, 0.3) is 0 Å². The normalized spacial score (nSPS) is 13.0. The smallest absolute Gasteiger partial charge is 0.306 e. The van der Waals surface area contributed by atoms with Crippen molar-refractivity contribution in [3.8, 4) is 0 Å². The average Bonchev–Trinajstić information content (AvgIpc) is 3.49. The van der Waals surface area contributed by atoms with Crippen LogP contribution in [0.5, 0.6) is 0 Å². The standard InChI is InChI=1S/C77H126O6/c1-4-7-10-13-16-19-22-25-28-31-33-35-37-38-40-41-43-46-49-52-55-58-61-64-67-70-76(79)82-73-74(72-81-75(78)69-66-63-60-57-54-51-48-45-30-27-24-21-18-15-12-9-6-3)83-77(80)71-68-65-62-59-56-53-50-47-44-42-39-36-34-32-29-26-23-20-17-14-11-8-5-2/h7,9-10,12,16,18-19,21,25,27-28,30,33,35,38,40,43,46,48,51-52,55,57,60,74H,4-6,8,11,13-15,17,20,22-24,26,29,31-32,34,36-37,39,41-42,44-45,47,49-50,53-54,56,58-59,61-73H2,1-3H3/b10-7-,12-9-,19-16-,21-18-,28-25-,30-27-,35-33-,40-38-,46-43-,51-48-,55-52-,60-57-. The number of unbranched alkanes of at least 4 members (excludes halogenated alkanes) is 26. The summed E-state index contributed by atoms with van der Waals surface area (Å²) in [5.74, 6) is -0.999. The molecule has 0 aromatic rings. The van der Waals surface area contributed by atoms with Crippen molar-refractivity contribution < 1.29 is 28.6 Å². The Hall–Kier alpha value is -4.71. The Morgan fingerprint density at radius 1 is 0.253 bits per heavy atom. The van der Waals surface area contributed by atoms with Gasteiger partial charge in [-0.2, -0.15) is 0 Å². The van der Waals surface area contributed by atoms with Gasteiger partial charge in [-0.25, -0.2) is 0 Å². The first kappa shape index (κ1) is 78.3. The number of carbonyl (C=O) groups is 3. The van der Waals surface area contributed by atoms with Crippen LogP contribution in [0.1, 0.15) is 303 Å². The first-order chi connectivity index (χ1) is 41.0. The largest absolute Gasteiger partial charge is 0.462 e. The predicted octanol–water partition coefficient (Wildman–Crippen LogP) is 23.9. The third-order valence-electron chi connectivity index (χ3n) is 14.3. The average molecular weight is 1150 g/mol. The van der Waals surface area contributed by atoms with Gasteiger partial charge in [0.25, 0.3) is 0 Å². The van der Waals surface area contributed by atoms with E-state index in [0.717, 1.165) is 128 Å². The van der Waals surface area contributed by atoms with Crippen molar-refractivity contribution in [2.75, 3.05) is 13.2 Å². The van der Waals surface area contributed by atoms with E-state index in [-0.39, 0.29) is 37.5 Å². The van der Waals surface area contributed by atoms with E-state index in [9.17, 15) is 14.4 Å². The minimum Gasteiger partial charge on any atom is -0.462 e. The van der Waals surface area contributed by atoms with Gasteiger partial charge in [-0.15, -0.1) is 0 Å². The zero-order valence-electron chi connectivity index (χ0n) is 53.9. The van der Waals surface area contributed by atoms with Gasteiger partial charge in [-0.05, 0) is 116 Å². The lowest BCUT2D eigenvalue weighted by atomic mass is 10.0. The molecule has 0 aromatic carbocycles. The quantitative estimate of drug-likeness (QED) is 0.0261. The number of hydrogen-bond donors (Lipinski definition) is 0. The van der Waals surface area contributed by atoms with Gasteiger partial charge in [0, 0.05) is 19.3 Å². The van der Waals surface area contributed by atoms with Crippen molar-refractivity contribution in [2.24, 2.45) is 0 Å². The maximum atomic E-state index is 13.0. The molecule has 0 aliphatic heterocycles. The highest BCUT2D eigenvalue weighted by molar-refractivity contribution is 5.71. The van der Waals surface area contributed by atoms with Crippen LogP contribution < -0.4 is 0 Å². The monoisotopic (exact) mass is 1150 g/mol. The van der Waals surface area contributed by atoms with Gasteiger partial charge in [-0.3, -0.25) is 14.4 Å². The molecule has 0 rings (SSSR count). The summed E-state index contributed by atoms with van der Waals surface area (Å²) in [5.41, 5.74) is 0. The molecule has 0 radical (unpaired) electrons. The Kier molecular flexibility index (Phi) is 65.8. The molecule has 1 atom stereocenters. The van der Waals surface area contributed by atoms with Gasteiger partial charge in [-0.1, -0.05) is 314 Å². The highest BCUT2D eigenvalue weighted by atomic mass is 16.6. The van der Waals surface area contributed by atoms with Crippen LogP contribution in [0, 0.1) is 0 Å². The van der Waals surface area contributed by atoms with Gasteiger partial charge in [0.05, 0.1) is 0 Å². The van der Waals surface area contributed by atoms with E-state index >= 15 is 0 Å². The van der Waals surface area contributed by atoms with Crippen LogP contribution in [-0.2, 0) is 28.6 Å². The fraction of sp³-hybridized carbons (Fsp3) is 0.649. The Bertz CT molecular complexity index is 1800. The van der Waals surface area contributed by atoms with Crippen molar-refractivity contribution >= 4 is 17.9 Å². The first-order valence-electron chi connectivity index (χ1n) is 34.3. The summed E-state index contributed by atoms with van der Waals surface area (Å²) < 4.78 is 16.9. The minimum atomic E-state index is -0.822.